The highest BCUT2D eigenvalue weighted by molar-refractivity contribution is 5.97. The van der Waals surface area contributed by atoms with Crippen molar-refractivity contribution in [3.63, 3.8) is 0 Å². The molecule has 3 aromatic carbocycles. The maximum absolute atomic E-state index is 12.9. The number of fused-ring (bicyclic) bond motifs is 1. The summed E-state index contributed by atoms with van der Waals surface area (Å²) in [6.07, 6.45) is -6.12. The van der Waals surface area contributed by atoms with Crippen molar-refractivity contribution in [3.8, 4) is 22.6 Å². The molecule has 5 rings (SSSR count). The molecule has 4 aromatic rings. The van der Waals surface area contributed by atoms with E-state index < -0.39 is 12.7 Å². The van der Waals surface area contributed by atoms with Crippen LogP contribution in [0, 0.1) is 0 Å². The molecule has 1 aromatic heterocycles. The van der Waals surface area contributed by atoms with E-state index in [1.165, 1.54) is 24.3 Å². The number of ether oxygens (including phenoxy) is 2. The molecule has 0 atom stereocenters. The number of halogens is 6. The van der Waals surface area contributed by atoms with Crippen molar-refractivity contribution >= 4 is 10.9 Å². The molecule has 1 aliphatic rings. The van der Waals surface area contributed by atoms with Crippen molar-refractivity contribution in [2.75, 3.05) is 32.7 Å². The third-order valence-electron chi connectivity index (χ3n) is 7.94. The van der Waals surface area contributed by atoms with Crippen molar-refractivity contribution in [3.05, 3.63) is 83.6 Å². The summed E-state index contributed by atoms with van der Waals surface area (Å²) in [7, 11) is 0. The maximum Gasteiger partial charge on any atom is 0.573 e. The van der Waals surface area contributed by atoms with Crippen LogP contribution in [0.4, 0.5) is 26.3 Å². The Hall–Kier alpha value is -3.74. The van der Waals surface area contributed by atoms with Crippen LogP contribution in [0.1, 0.15) is 30.0 Å². The van der Waals surface area contributed by atoms with Gasteiger partial charge < -0.3 is 19.8 Å². The predicted molar refractivity (Wildman–Crippen MR) is 161 cm³/mol. The molecular weight excluding hydrogens is 598 g/mol. The molecule has 0 spiro atoms. The molecule has 0 saturated carbocycles. The van der Waals surface area contributed by atoms with Gasteiger partial charge in [-0.3, -0.25) is 9.80 Å². The second-order valence-corrected chi connectivity index (χ2v) is 11.2. The van der Waals surface area contributed by atoms with E-state index >= 15 is 0 Å². The molecule has 0 radical (unpaired) electrons. The number of piperazine rings is 1. The monoisotopic (exact) mass is 634 g/mol. The molecule has 1 fully saturated rings. The summed E-state index contributed by atoms with van der Waals surface area (Å²) in [4.78, 5) is 4.55. The van der Waals surface area contributed by atoms with Crippen LogP contribution in [-0.2, 0) is 26.1 Å². The first-order valence-electron chi connectivity index (χ1n) is 14.9. The number of rotatable bonds is 11. The first kappa shape index (κ1) is 32.6. The minimum absolute atomic E-state index is 0.220. The minimum atomic E-state index is -4.76. The number of nitrogens with zero attached hydrogens (tertiary/aromatic N) is 3. The Labute approximate surface area is 257 Å². The van der Waals surface area contributed by atoms with E-state index in [2.05, 4.69) is 48.2 Å². The number of nitrogens with two attached hydrogens (primary N) is 1. The van der Waals surface area contributed by atoms with Crippen LogP contribution in [0.15, 0.2) is 66.9 Å². The Balaban J connectivity index is 1.31. The van der Waals surface area contributed by atoms with Crippen LogP contribution < -0.4 is 15.2 Å². The van der Waals surface area contributed by atoms with Crippen molar-refractivity contribution < 1.29 is 35.8 Å². The van der Waals surface area contributed by atoms with Gasteiger partial charge in [-0.15, -0.1) is 26.3 Å². The lowest BCUT2D eigenvalue weighted by Crippen LogP contribution is -2.45. The Morgan fingerprint density at radius 3 is 1.96 bits per heavy atom. The quantitative estimate of drug-likeness (QED) is 0.175. The van der Waals surface area contributed by atoms with E-state index in [1.54, 1.807) is 18.2 Å². The standard InChI is InChI=1S/C33H36F6N4O2/c1-2-25-19-27(45-33(37,38)39)8-9-28(25)30-22-43(12-4-11-40)31-10-7-24(18-29(30)31)21-42-15-13-41(14-16-42)20-23-5-3-6-26(17-23)44-32(34,35)36/h3,5-10,17-19,22H,2,4,11-16,20-21,40H2,1H3. The highest BCUT2D eigenvalue weighted by Gasteiger charge is 2.32. The number of aryl methyl sites for hydroxylation is 2. The van der Waals surface area contributed by atoms with E-state index in [9.17, 15) is 26.3 Å². The fourth-order valence-corrected chi connectivity index (χ4v) is 5.89. The predicted octanol–water partition coefficient (Wildman–Crippen LogP) is 7.33. The molecule has 45 heavy (non-hydrogen) atoms. The largest absolute Gasteiger partial charge is 0.573 e. The molecule has 12 heteroatoms. The summed E-state index contributed by atoms with van der Waals surface area (Å²) >= 11 is 0. The van der Waals surface area contributed by atoms with Crippen LogP contribution in [0.5, 0.6) is 11.5 Å². The van der Waals surface area contributed by atoms with Crippen molar-refractivity contribution in [2.24, 2.45) is 5.73 Å². The van der Waals surface area contributed by atoms with Crippen LogP contribution in [0.25, 0.3) is 22.0 Å². The van der Waals surface area contributed by atoms with E-state index in [1.807, 2.05) is 6.92 Å². The Morgan fingerprint density at radius 2 is 1.36 bits per heavy atom. The van der Waals surface area contributed by atoms with E-state index in [4.69, 9.17) is 5.73 Å². The minimum Gasteiger partial charge on any atom is -0.406 e. The fraction of sp³-hybridized carbons (Fsp3) is 0.394. The normalized spacial score (nSPS) is 15.1. The molecule has 0 aliphatic carbocycles. The first-order chi connectivity index (χ1) is 21.4. The third kappa shape index (κ3) is 8.71. The van der Waals surface area contributed by atoms with Crippen LogP contribution in [-0.4, -0.2) is 59.8 Å². The van der Waals surface area contributed by atoms with Gasteiger partial charge >= 0.3 is 12.7 Å². The van der Waals surface area contributed by atoms with E-state index in [0.717, 1.165) is 77.9 Å². The first-order valence-corrected chi connectivity index (χ1v) is 14.9. The molecule has 2 heterocycles. The van der Waals surface area contributed by atoms with Gasteiger partial charge in [-0.2, -0.15) is 0 Å². The number of aromatic nitrogens is 1. The Morgan fingerprint density at radius 1 is 0.733 bits per heavy atom. The van der Waals surface area contributed by atoms with Crippen molar-refractivity contribution in [1.82, 2.24) is 14.4 Å². The smallest absolute Gasteiger partial charge is 0.406 e. The van der Waals surface area contributed by atoms with Gasteiger partial charge in [0, 0.05) is 68.5 Å². The summed E-state index contributed by atoms with van der Waals surface area (Å²) in [5, 5.41) is 1.02. The molecule has 0 amide bonds. The average molecular weight is 635 g/mol. The van der Waals surface area contributed by atoms with Crippen LogP contribution in [0.2, 0.25) is 0 Å². The number of hydrogen-bond donors (Lipinski definition) is 1. The summed E-state index contributed by atoms with van der Waals surface area (Å²) in [5.41, 5.74) is 11.2. The van der Waals surface area contributed by atoms with E-state index in [0.29, 0.717) is 26.1 Å². The van der Waals surface area contributed by atoms with Gasteiger partial charge in [0.25, 0.3) is 0 Å². The lowest BCUT2D eigenvalue weighted by Gasteiger charge is -2.34. The second kappa shape index (κ2) is 13.7. The number of alkyl halides is 6. The highest BCUT2D eigenvalue weighted by atomic mass is 19.4. The fourth-order valence-electron chi connectivity index (χ4n) is 5.89. The average Bonchev–Trinajstić information content (AvgIpc) is 3.33. The zero-order valence-corrected chi connectivity index (χ0v) is 24.9. The molecule has 6 nitrogen and oxygen atoms in total. The lowest BCUT2D eigenvalue weighted by atomic mass is 9.96. The molecule has 0 unspecified atom stereocenters. The summed E-state index contributed by atoms with van der Waals surface area (Å²) < 4.78 is 86.8. The van der Waals surface area contributed by atoms with E-state index in [-0.39, 0.29) is 11.5 Å². The SMILES string of the molecule is CCc1cc(OC(F)(F)F)ccc1-c1cn(CCCN)c2ccc(CN3CCN(Cc4cccc(OC(F)(F)F)c4)CC3)cc12. The van der Waals surface area contributed by atoms with Crippen molar-refractivity contribution in [2.45, 2.75) is 52.1 Å². The molecule has 0 bridgehead atoms. The molecular formula is C33H36F6N4O2. The molecule has 1 saturated heterocycles. The van der Waals surface area contributed by atoms with Crippen molar-refractivity contribution in [1.29, 1.82) is 0 Å². The Kier molecular flexibility index (Phi) is 9.95. The second-order valence-electron chi connectivity index (χ2n) is 11.2. The van der Waals surface area contributed by atoms with Gasteiger partial charge in [0.1, 0.15) is 11.5 Å². The molecule has 242 valence electrons. The lowest BCUT2D eigenvalue weighted by molar-refractivity contribution is -0.275. The van der Waals surface area contributed by atoms with Crippen LogP contribution >= 0.6 is 0 Å². The number of hydrogen-bond acceptors (Lipinski definition) is 5. The molecule has 1 aliphatic heterocycles. The van der Waals surface area contributed by atoms with Gasteiger partial charge in [-0.1, -0.05) is 31.2 Å². The molecule has 2 N–H and O–H groups in total. The highest BCUT2D eigenvalue weighted by Crippen LogP contribution is 2.37. The van der Waals surface area contributed by atoms with Gasteiger partial charge in [0.05, 0.1) is 0 Å². The van der Waals surface area contributed by atoms with Gasteiger partial charge in [0.2, 0.25) is 0 Å². The Bertz CT molecular complexity index is 1590. The third-order valence-corrected chi connectivity index (χ3v) is 7.94. The zero-order chi connectivity index (χ0) is 32.2. The van der Waals surface area contributed by atoms with Gasteiger partial charge in [-0.05, 0) is 78.0 Å². The van der Waals surface area contributed by atoms with Crippen LogP contribution in [0.3, 0.4) is 0 Å². The summed E-state index contributed by atoms with van der Waals surface area (Å²) in [6.45, 7) is 7.52. The van der Waals surface area contributed by atoms with Gasteiger partial charge in [-0.25, -0.2) is 0 Å². The zero-order valence-electron chi connectivity index (χ0n) is 24.9. The topological polar surface area (TPSA) is 55.9 Å². The maximum atomic E-state index is 12.9. The number of benzene rings is 3. The van der Waals surface area contributed by atoms with Gasteiger partial charge in [0.15, 0.2) is 0 Å². The summed E-state index contributed by atoms with van der Waals surface area (Å²) in [5.74, 6) is -0.459. The summed E-state index contributed by atoms with van der Waals surface area (Å²) in [6, 6.07) is 16.9.